The van der Waals surface area contributed by atoms with Gasteiger partial charge in [-0.05, 0) is 38.5 Å². The Bertz CT molecular complexity index is 433. The zero-order chi connectivity index (χ0) is 16.7. The maximum absolute atomic E-state index is 12.5. The summed E-state index contributed by atoms with van der Waals surface area (Å²) in [6.07, 6.45) is -0.171. The van der Waals surface area contributed by atoms with Gasteiger partial charge in [-0.1, -0.05) is 0 Å². The van der Waals surface area contributed by atoms with Crippen molar-refractivity contribution in [1.82, 2.24) is 5.32 Å². The minimum absolute atomic E-state index is 0.0765. The highest BCUT2D eigenvalue weighted by Crippen LogP contribution is 2.29. The van der Waals surface area contributed by atoms with E-state index < -0.39 is 50.1 Å². The van der Waals surface area contributed by atoms with Crippen LogP contribution in [-0.4, -0.2) is 44.0 Å². The van der Waals surface area contributed by atoms with Crippen LogP contribution in [-0.2, 0) is 4.79 Å². The molecule has 21 heavy (non-hydrogen) atoms. The summed E-state index contributed by atoms with van der Waals surface area (Å²) in [7, 11) is 0. The molecule has 1 unspecified atom stereocenters. The number of alkyl halides is 3. The molecule has 4 nitrogen and oxygen atoms in total. The van der Waals surface area contributed by atoms with Crippen molar-refractivity contribution in [3.63, 3.8) is 0 Å². The lowest BCUT2D eigenvalue weighted by Crippen LogP contribution is -2.48. The Morgan fingerprint density at radius 2 is 2.14 bits per heavy atom. The Hall–Kier alpha value is -0.310. The number of carboxylic acids is 1. The van der Waals surface area contributed by atoms with E-state index in [2.05, 4.69) is 9.24 Å². The summed E-state index contributed by atoms with van der Waals surface area (Å²) in [5.41, 5.74) is 3.97. The number of halogens is 4. The number of nitrogens with two attached hydrogens (primary N) is 1. The third kappa shape index (κ3) is 10.1. The van der Waals surface area contributed by atoms with Crippen LogP contribution in [0.2, 0.25) is 0 Å². The number of aliphatic carboxylic acids is 1. The number of thioether (sulfide) groups is 1. The largest absolute Gasteiger partial charge is 0.480 e. The Morgan fingerprint density at radius 3 is 2.57 bits per heavy atom. The van der Waals surface area contributed by atoms with E-state index in [1.165, 1.54) is 6.92 Å². The fourth-order valence-electron chi connectivity index (χ4n) is 1.17. The van der Waals surface area contributed by atoms with E-state index in [9.17, 15) is 18.0 Å². The Kier molecular flexibility index (Phi) is 8.84. The number of hydrogen-bond donors (Lipinski definition) is 3. The van der Waals surface area contributed by atoms with Crippen molar-refractivity contribution in [1.29, 1.82) is 0 Å². The lowest BCUT2D eigenvalue weighted by atomic mass is 10.1. The molecule has 0 aliphatic heterocycles. The second-order valence-electron chi connectivity index (χ2n) is 4.59. The third-order valence-electron chi connectivity index (χ3n) is 2.34. The second-order valence-corrected chi connectivity index (χ2v) is 8.66. The van der Waals surface area contributed by atoms with Crippen molar-refractivity contribution in [2.24, 2.45) is 5.73 Å². The van der Waals surface area contributed by atoms with Crippen molar-refractivity contribution in [3.05, 3.63) is 0 Å². The Labute approximate surface area is 136 Å². The van der Waals surface area contributed by atoms with E-state index in [0.29, 0.717) is 0 Å². The van der Waals surface area contributed by atoms with E-state index in [4.69, 9.17) is 17.3 Å². The van der Waals surface area contributed by atoms with Gasteiger partial charge in [0.25, 0.3) is 0 Å². The molecule has 0 aromatic heterocycles. The molecule has 2 atom stereocenters. The molecule has 0 spiro atoms. The van der Waals surface area contributed by atoms with Crippen molar-refractivity contribution in [3.8, 4) is 10.4 Å². The average molecular weight is 438 g/mol. The monoisotopic (exact) mass is 438 g/mol. The van der Waals surface area contributed by atoms with Gasteiger partial charge in [0, 0.05) is 21.2 Å². The highest BCUT2D eigenvalue weighted by molar-refractivity contribution is 14.2. The minimum Gasteiger partial charge on any atom is -0.480 e. The molecule has 0 radical (unpaired) electrons. The summed E-state index contributed by atoms with van der Waals surface area (Å²) in [5, 5.41) is 10.9. The van der Waals surface area contributed by atoms with Crippen molar-refractivity contribution < 1.29 is 23.1 Å². The number of carboxylic acid groups (broad SMARTS) is 1. The molecule has 0 aliphatic carbocycles. The second kappa shape index (κ2) is 8.97. The molecule has 0 amide bonds. The van der Waals surface area contributed by atoms with E-state index in [-0.39, 0.29) is 12.3 Å². The van der Waals surface area contributed by atoms with Gasteiger partial charge < -0.3 is 10.8 Å². The normalized spacial score (nSPS) is 17.3. The SMILES string of the molecule is C#CI=C(C)NCC(CC(F)(F)F)SC[C@](C)(N)C(=O)O. The highest BCUT2D eigenvalue weighted by atomic mass is 127. The van der Waals surface area contributed by atoms with Crippen LogP contribution in [0.3, 0.4) is 0 Å². The quantitative estimate of drug-likeness (QED) is 0.400. The summed E-state index contributed by atoms with van der Waals surface area (Å²) < 4.78 is 40.9. The number of terminal acetylenes is 1. The minimum atomic E-state index is -4.32. The first kappa shape index (κ1) is 20.7. The van der Waals surface area contributed by atoms with Crippen molar-refractivity contribution in [2.75, 3.05) is 12.3 Å². The predicted molar refractivity (Wildman–Crippen MR) is 88.7 cm³/mol. The van der Waals surface area contributed by atoms with E-state index in [1.54, 1.807) is 6.92 Å². The van der Waals surface area contributed by atoms with Gasteiger partial charge in [0.1, 0.15) is 5.54 Å². The molecule has 0 aliphatic rings. The Balaban J connectivity index is 4.65. The van der Waals surface area contributed by atoms with Crippen LogP contribution >= 0.6 is 32.5 Å². The lowest BCUT2D eigenvalue weighted by Gasteiger charge is -2.24. The summed E-state index contributed by atoms with van der Waals surface area (Å²) in [4.78, 5) is 10.9. The van der Waals surface area contributed by atoms with E-state index in [1.807, 2.05) is 0 Å². The standard InChI is InChI=1S/C12H18F3IN2O2S/c1-4-16-8(2)18-6-9(5-12(13,14)15)21-7-11(3,17)10(19)20/h1,9,18H,5-7,17H2,2-3H3,(H,19,20)/t9?,11-/m0/s1. The van der Waals surface area contributed by atoms with Crippen LogP contribution in [0.5, 0.6) is 0 Å². The fourth-order valence-corrected chi connectivity index (χ4v) is 3.26. The van der Waals surface area contributed by atoms with Gasteiger partial charge in [0.05, 0.1) is 6.42 Å². The molecular formula is C12H18F3IN2O2S. The van der Waals surface area contributed by atoms with Crippen LogP contribution < -0.4 is 11.1 Å². The zero-order valence-corrected chi connectivity index (χ0v) is 14.6. The van der Waals surface area contributed by atoms with Crippen LogP contribution in [0.1, 0.15) is 20.3 Å². The molecule has 0 heterocycles. The van der Waals surface area contributed by atoms with Crippen molar-refractivity contribution in [2.45, 2.75) is 37.2 Å². The molecule has 9 heteroatoms. The maximum Gasteiger partial charge on any atom is 0.390 e. The average Bonchev–Trinajstić information content (AvgIpc) is 2.31. The highest BCUT2D eigenvalue weighted by Gasteiger charge is 2.35. The molecule has 122 valence electrons. The van der Waals surface area contributed by atoms with E-state index in [0.717, 1.165) is 15.4 Å². The van der Waals surface area contributed by atoms with E-state index >= 15 is 0 Å². The first-order chi connectivity index (χ1) is 9.48. The van der Waals surface area contributed by atoms with Gasteiger partial charge in [-0.3, -0.25) is 10.1 Å². The van der Waals surface area contributed by atoms with Crippen LogP contribution in [0.25, 0.3) is 0 Å². The molecule has 0 aromatic rings. The maximum atomic E-state index is 12.5. The molecule has 4 N–H and O–H groups in total. The molecular weight excluding hydrogens is 420 g/mol. The number of hydrogen-bond acceptors (Lipinski definition) is 4. The number of carbonyl (C=O) groups is 1. The molecule has 0 saturated heterocycles. The van der Waals surface area contributed by atoms with Crippen LogP contribution in [0.15, 0.2) is 0 Å². The third-order valence-corrected chi connectivity index (χ3v) is 5.41. The summed E-state index contributed by atoms with van der Waals surface area (Å²) in [6, 6.07) is 0. The van der Waals surface area contributed by atoms with Crippen molar-refractivity contribution >= 4 is 42.1 Å². The predicted octanol–water partition coefficient (Wildman–Crippen LogP) is 2.14. The first-order valence-corrected chi connectivity index (χ1v) is 9.06. The molecule has 0 bridgehead atoms. The molecule has 0 aromatic carbocycles. The summed E-state index contributed by atoms with van der Waals surface area (Å²) in [5.74, 6) is -1.34. The van der Waals surface area contributed by atoms with Gasteiger partial charge in [0.15, 0.2) is 0 Å². The number of nitrogens with one attached hydrogen (secondary N) is 1. The van der Waals surface area contributed by atoms with Gasteiger partial charge in [-0.25, -0.2) is 0 Å². The van der Waals surface area contributed by atoms with Crippen LogP contribution in [0, 0.1) is 10.4 Å². The molecule has 0 saturated carbocycles. The topological polar surface area (TPSA) is 75.3 Å². The fraction of sp³-hybridized carbons (Fsp3) is 0.667. The molecule has 0 rings (SSSR count). The van der Waals surface area contributed by atoms with Gasteiger partial charge in [-0.15, -0.1) is 6.42 Å². The smallest absolute Gasteiger partial charge is 0.390 e. The van der Waals surface area contributed by atoms with Gasteiger partial charge in [-0.2, -0.15) is 24.9 Å². The Morgan fingerprint density at radius 1 is 1.57 bits per heavy atom. The zero-order valence-electron chi connectivity index (χ0n) is 11.6. The summed E-state index contributed by atoms with van der Waals surface area (Å²) >= 11 is 0.282. The number of rotatable bonds is 8. The lowest BCUT2D eigenvalue weighted by molar-refractivity contribution is -0.141. The molecule has 0 fully saturated rings. The van der Waals surface area contributed by atoms with Crippen LogP contribution in [0.4, 0.5) is 13.2 Å². The van der Waals surface area contributed by atoms with Gasteiger partial charge in [0.2, 0.25) is 0 Å². The van der Waals surface area contributed by atoms with Gasteiger partial charge >= 0.3 is 12.1 Å². The first-order valence-electron chi connectivity index (χ1n) is 5.85. The summed E-state index contributed by atoms with van der Waals surface area (Å²) in [6.45, 7) is 3.10.